The normalized spacial score (nSPS) is 13.9. The van der Waals surface area contributed by atoms with Gasteiger partial charge in [0.15, 0.2) is 0 Å². The summed E-state index contributed by atoms with van der Waals surface area (Å²) in [7, 11) is 3.23. The maximum Gasteiger partial charge on any atom is 0.274 e. The van der Waals surface area contributed by atoms with Gasteiger partial charge in [0.05, 0.1) is 24.6 Å². The van der Waals surface area contributed by atoms with E-state index in [2.05, 4.69) is 5.10 Å². The summed E-state index contributed by atoms with van der Waals surface area (Å²) >= 11 is 0. The van der Waals surface area contributed by atoms with Gasteiger partial charge in [0.25, 0.3) is 5.56 Å². The fourth-order valence-corrected chi connectivity index (χ4v) is 4.17. The van der Waals surface area contributed by atoms with Crippen LogP contribution in [-0.4, -0.2) is 64.7 Å². The van der Waals surface area contributed by atoms with E-state index in [0.717, 1.165) is 11.3 Å². The summed E-state index contributed by atoms with van der Waals surface area (Å²) in [5, 5.41) is 5.60. The van der Waals surface area contributed by atoms with Gasteiger partial charge in [-0.2, -0.15) is 5.10 Å². The van der Waals surface area contributed by atoms with E-state index in [1.807, 2.05) is 41.3 Å². The number of carbonyl (C=O) groups is 2. The van der Waals surface area contributed by atoms with Crippen molar-refractivity contribution >= 4 is 22.6 Å². The van der Waals surface area contributed by atoms with E-state index >= 15 is 0 Å². The number of piperazine rings is 1. The molecule has 0 atom stereocenters. The Bertz CT molecular complexity index is 1210. The zero-order valence-electron chi connectivity index (χ0n) is 19.0. The van der Waals surface area contributed by atoms with Crippen LogP contribution in [0.5, 0.6) is 5.75 Å². The Morgan fingerprint density at radius 3 is 2.15 bits per heavy atom. The number of nitrogens with zero attached hydrogens (tertiary/aromatic N) is 4. The van der Waals surface area contributed by atoms with Crippen LogP contribution < -0.4 is 10.3 Å². The SMILES string of the molecule is COc1ccc(CCC(=O)N2CCN(C(=O)Cc3nn(C)c(=O)c4ccccc34)CC2)cc1. The number of fused-ring (bicyclic) bond motifs is 1. The summed E-state index contributed by atoms with van der Waals surface area (Å²) in [5.74, 6) is 0.854. The quantitative estimate of drug-likeness (QED) is 0.574. The third kappa shape index (κ3) is 5.05. The van der Waals surface area contributed by atoms with E-state index in [1.165, 1.54) is 4.68 Å². The van der Waals surface area contributed by atoms with E-state index in [-0.39, 0.29) is 23.8 Å². The summed E-state index contributed by atoms with van der Waals surface area (Å²) in [6, 6.07) is 15.0. The van der Waals surface area contributed by atoms with Crippen LogP contribution in [0.2, 0.25) is 0 Å². The maximum absolute atomic E-state index is 12.9. The number of rotatable bonds is 6. The van der Waals surface area contributed by atoms with Crippen molar-refractivity contribution in [1.29, 1.82) is 0 Å². The zero-order chi connectivity index (χ0) is 23.4. The van der Waals surface area contributed by atoms with Crippen molar-refractivity contribution in [2.24, 2.45) is 7.05 Å². The summed E-state index contributed by atoms with van der Waals surface area (Å²) in [5.41, 5.74) is 1.51. The molecule has 8 heteroatoms. The molecule has 0 aliphatic carbocycles. The smallest absolute Gasteiger partial charge is 0.274 e. The van der Waals surface area contributed by atoms with E-state index < -0.39 is 0 Å². The minimum absolute atomic E-state index is 0.0448. The highest BCUT2D eigenvalue weighted by molar-refractivity contribution is 5.88. The molecule has 172 valence electrons. The van der Waals surface area contributed by atoms with Crippen molar-refractivity contribution in [2.45, 2.75) is 19.3 Å². The van der Waals surface area contributed by atoms with Gasteiger partial charge in [0.2, 0.25) is 11.8 Å². The van der Waals surface area contributed by atoms with Crippen LogP contribution in [-0.2, 0) is 29.5 Å². The van der Waals surface area contributed by atoms with Gasteiger partial charge in [-0.05, 0) is 30.2 Å². The molecular weight excluding hydrogens is 420 g/mol. The van der Waals surface area contributed by atoms with Gasteiger partial charge in [-0.3, -0.25) is 14.4 Å². The Morgan fingerprint density at radius 1 is 0.909 bits per heavy atom. The monoisotopic (exact) mass is 448 g/mol. The van der Waals surface area contributed by atoms with Crippen molar-refractivity contribution in [3.63, 3.8) is 0 Å². The molecule has 1 aliphatic heterocycles. The molecule has 0 bridgehead atoms. The predicted molar refractivity (Wildman–Crippen MR) is 125 cm³/mol. The molecule has 3 aromatic rings. The van der Waals surface area contributed by atoms with Gasteiger partial charge in [0, 0.05) is 45.0 Å². The first-order chi connectivity index (χ1) is 16.0. The first-order valence-electron chi connectivity index (χ1n) is 11.1. The Balaban J connectivity index is 1.32. The first-order valence-corrected chi connectivity index (χ1v) is 11.1. The Hall–Kier alpha value is -3.68. The number of aromatic nitrogens is 2. The highest BCUT2D eigenvalue weighted by Gasteiger charge is 2.25. The highest BCUT2D eigenvalue weighted by atomic mass is 16.5. The lowest BCUT2D eigenvalue weighted by atomic mass is 10.1. The second-order valence-electron chi connectivity index (χ2n) is 8.21. The molecule has 1 aromatic heterocycles. The average Bonchev–Trinajstić information content (AvgIpc) is 2.86. The molecule has 0 spiro atoms. The van der Waals surface area contributed by atoms with Crippen LogP contribution in [0.3, 0.4) is 0 Å². The third-order valence-electron chi connectivity index (χ3n) is 6.12. The van der Waals surface area contributed by atoms with Gasteiger partial charge in [-0.15, -0.1) is 0 Å². The minimum atomic E-state index is -0.177. The Morgan fingerprint density at radius 2 is 1.52 bits per heavy atom. The van der Waals surface area contributed by atoms with Gasteiger partial charge in [0.1, 0.15) is 5.75 Å². The molecule has 8 nitrogen and oxygen atoms in total. The lowest BCUT2D eigenvalue weighted by Crippen LogP contribution is -2.51. The predicted octanol–water partition coefficient (Wildman–Crippen LogP) is 1.79. The van der Waals surface area contributed by atoms with Crippen LogP contribution >= 0.6 is 0 Å². The first kappa shape index (κ1) is 22.5. The molecular formula is C25H28N4O4. The molecule has 2 amide bonds. The second kappa shape index (κ2) is 9.85. The molecule has 0 N–H and O–H groups in total. The Labute approximate surface area is 192 Å². The molecule has 1 saturated heterocycles. The topological polar surface area (TPSA) is 84.7 Å². The van der Waals surface area contributed by atoms with Crippen molar-refractivity contribution in [2.75, 3.05) is 33.3 Å². The molecule has 2 aromatic carbocycles. The van der Waals surface area contributed by atoms with E-state index in [4.69, 9.17) is 4.74 Å². The van der Waals surface area contributed by atoms with Crippen molar-refractivity contribution < 1.29 is 14.3 Å². The van der Waals surface area contributed by atoms with E-state index in [0.29, 0.717) is 55.5 Å². The molecule has 33 heavy (non-hydrogen) atoms. The molecule has 0 unspecified atom stereocenters. The van der Waals surface area contributed by atoms with Gasteiger partial charge in [-0.25, -0.2) is 4.68 Å². The van der Waals surface area contributed by atoms with E-state index in [1.54, 1.807) is 31.2 Å². The van der Waals surface area contributed by atoms with Crippen molar-refractivity contribution in [3.8, 4) is 5.75 Å². The summed E-state index contributed by atoms with van der Waals surface area (Å²) in [6.45, 7) is 2.04. The average molecular weight is 449 g/mol. The summed E-state index contributed by atoms with van der Waals surface area (Å²) in [6.07, 6.45) is 1.24. The minimum Gasteiger partial charge on any atom is -0.497 e. The molecule has 2 heterocycles. The number of ether oxygens (including phenoxy) is 1. The van der Waals surface area contributed by atoms with Crippen molar-refractivity contribution in [1.82, 2.24) is 19.6 Å². The second-order valence-corrected chi connectivity index (χ2v) is 8.21. The van der Waals surface area contributed by atoms with Gasteiger partial charge in [-0.1, -0.05) is 30.3 Å². The number of aryl methyl sites for hydroxylation is 2. The van der Waals surface area contributed by atoms with Crippen LogP contribution in [0, 0.1) is 0 Å². The van der Waals surface area contributed by atoms with E-state index in [9.17, 15) is 14.4 Å². The van der Waals surface area contributed by atoms with Crippen LogP contribution in [0.1, 0.15) is 17.7 Å². The highest BCUT2D eigenvalue weighted by Crippen LogP contribution is 2.16. The maximum atomic E-state index is 12.9. The van der Waals surface area contributed by atoms with Crippen LogP contribution in [0.25, 0.3) is 10.8 Å². The lowest BCUT2D eigenvalue weighted by molar-refractivity contribution is -0.139. The number of hydrogen-bond donors (Lipinski definition) is 0. The zero-order valence-corrected chi connectivity index (χ0v) is 19.0. The number of hydrogen-bond acceptors (Lipinski definition) is 5. The molecule has 1 aliphatic rings. The fourth-order valence-electron chi connectivity index (χ4n) is 4.17. The largest absolute Gasteiger partial charge is 0.497 e. The Kier molecular flexibility index (Phi) is 6.72. The number of amides is 2. The molecule has 1 fully saturated rings. The number of benzene rings is 2. The molecule has 0 saturated carbocycles. The lowest BCUT2D eigenvalue weighted by Gasteiger charge is -2.35. The third-order valence-corrected chi connectivity index (χ3v) is 6.12. The standard InChI is InChI=1S/C25H28N4O4/c1-27-25(32)21-6-4-3-5-20(21)22(26-27)17-24(31)29-15-13-28(14-16-29)23(30)12-9-18-7-10-19(33-2)11-8-18/h3-8,10-11H,9,12-17H2,1-2H3. The molecule has 0 radical (unpaired) electrons. The van der Waals surface area contributed by atoms with Crippen LogP contribution in [0.4, 0.5) is 0 Å². The van der Waals surface area contributed by atoms with Crippen LogP contribution in [0.15, 0.2) is 53.3 Å². The fraction of sp³-hybridized carbons (Fsp3) is 0.360. The van der Waals surface area contributed by atoms with Gasteiger partial charge < -0.3 is 14.5 Å². The molecule has 4 rings (SSSR count). The van der Waals surface area contributed by atoms with Gasteiger partial charge >= 0.3 is 0 Å². The number of methoxy groups -OCH3 is 1. The number of carbonyl (C=O) groups excluding carboxylic acids is 2. The summed E-state index contributed by atoms with van der Waals surface area (Å²) in [4.78, 5) is 41.5. The summed E-state index contributed by atoms with van der Waals surface area (Å²) < 4.78 is 6.44. The van der Waals surface area contributed by atoms with Crippen molar-refractivity contribution in [3.05, 3.63) is 70.1 Å².